The van der Waals surface area contributed by atoms with Crippen molar-refractivity contribution < 1.29 is 14.7 Å². The van der Waals surface area contributed by atoms with Gasteiger partial charge in [-0.25, -0.2) is 4.98 Å². The minimum atomic E-state index is -0.554. The number of carbonyl (C=O) groups excluding carboxylic acids is 1. The number of aromatic amines is 1. The number of nitrogens with two attached hydrogens (primary N) is 1. The first kappa shape index (κ1) is 21.0. The molecule has 0 unspecified atom stereocenters. The van der Waals surface area contributed by atoms with Crippen molar-refractivity contribution in [3.63, 3.8) is 0 Å². The maximum absolute atomic E-state index is 11.7. The highest BCUT2D eigenvalue weighted by atomic mass is 32.2. The van der Waals surface area contributed by atoms with E-state index in [0.717, 1.165) is 37.2 Å². The third kappa shape index (κ3) is 3.48. The molecule has 166 valence electrons. The number of benzene rings is 3. The van der Waals surface area contributed by atoms with Gasteiger partial charge in [-0.1, -0.05) is 12.1 Å². The van der Waals surface area contributed by atoms with E-state index in [1.165, 1.54) is 17.3 Å². The highest BCUT2D eigenvalue weighted by molar-refractivity contribution is 7.99. The molecule has 5 rings (SSSR count). The summed E-state index contributed by atoms with van der Waals surface area (Å²) in [4.78, 5) is 20.7. The molecule has 0 aliphatic carbocycles. The van der Waals surface area contributed by atoms with Crippen LogP contribution in [0, 0.1) is 13.8 Å². The minimum Gasteiger partial charge on any atom is -0.497 e. The molecule has 0 spiro atoms. The second kappa shape index (κ2) is 7.90. The monoisotopic (exact) mass is 458 g/mol. The van der Waals surface area contributed by atoms with Crippen molar-refractivity contribution in [3.05, 3.63) is 71.3 Å². The van der Waals surface area contributed by atoms with Gasteiger partial charge in [0.1, 0.15) is 11.4 Å². The Morgan fingerprint density at radius 3 is 2.58 bits per heavy atom. The summed E-state index contributed by atoms with van der Waals surface area (Å²) in [5.74, 6) is 0.161. The SMILES string of the molecule is COc1ccc(-c2c(Sc3nc4c(C)c(C)ccc4[nH]3)c3ccc(C(N)=O)cc3n2O)cc1. The molecule has 2 heterocycles. The predicted octanol–water partition coefficient (Wildman–Crippen LogP) is 5.30. The fraction of sp³-hybridized carbons (Fsp3) is 0.120. The summed E-state index contributed by atoms with van der Waals surface area (Å²) in [6.07, 6.45) is 0. The van der Waals surface area contributed by atoms with E-state index in [4.69, 9.17) is 15.5 Å². The van der Waals surface area contributed by atoms with Gasteiger partial charge in [0.25, 0.3) is 0 Å². The number of carbonyl (C=O) groups is 1. The number of imidazole rings is 1. The first-order valence-electron chi connectivity index (χ1n) is 10.3. The highest BCUT2D eigenvalue weighted by Crippen LogP contribution is 2.43. The number of amides is 1. The fourth-order valence-electron chi connectivity index (χ4n) is 3.94. The fourth-order valence-corrected chi connectivity index (χ4v) is 5.01. The summed E-state index contributed by atoms with van der Waals surface area (Å²) in [7, 11) is 1.61. The molecule has 3 aromatic carbocycles. The van der Waals surface area contributed by atoms with Gasteiger partial charge >= 0.3 is 0 Å². The third-order valence-electron chi connectivity index (χ3n) is 5.90. The molecule has 1 amide bonds. The van der Waals surface area contributed by atoms with Crippen molar-refractivity contribution in [1.29, 1.82) is 0 Å². The molecule has 0 radical (unpaired) electrons. The quantitative estimate of drug-likeness (QED) is 0.310. The lowest BCUT2D eigenvalue weighted by atomic mass is 10.1. The van der Waals surface area contributed by atoms with Crippen LogP contribution in [-0.4, -0.2) is 32.9 Å². The average molecular weight is 459 g/mol. The molecule has 0 aliphatic rings. The van der Waals surface area contributed by atoms with E-state index in [2.05, 4.69) is 24.9 Å². The molecule has 8 heteroatoms. The number of nitrogens with zero attached hydrogens (tertiary/aromatic N) is 2. The Labute approximate surface area is 194 Å². The van der Waals surface area contributed by atoms with E-state index in [1.807, 2.05) is 30.3 Å². The highest BCUT2D eigenvalue weighted by Gasteiger charge is 2.22. The second-order valence-electron chi connectivity index (χ2n) is 7.86. The van der Waals surface area contributed by atoms with Crippen LogP contribution in [0.25, 0.3) is 33.2 Å². The molecule has 0 saturated carbocycles. The minimum absolute atomic E-state index is 0.322. The largest absolute Gasteiger partial charge is 0.497 e. The van der Waals surface area contributed by atoms with Gasteiger partial charge in [-0.15, -0.1) is 0 Å². The summed E-state index contributed by atoms with van der Waals surface area (Å²) >= 11 is 1.43. The molecule has 0 aliphatic heterocycles. The molecule has 2 aromatic heterocycles. The van der Waals surface area contributed by atoms with E-state index in [-0.39, 0.29) is 0 Å². The molecular formula is C25H22N4O3S. The molecular weight excluding hydrogens is 436 g/mol. The number of primary amides is 1. The molecule has 0 bridgehead atoms. The Morgan fingerprint density at radius 2 is 1.88 bits per heavy atom. The summed E-state index contributed by atoms with van der Waals surface area (Å²) < 4.78 is 6.38. The molecule has 0 saturated heterocycles. The van der Waals surface area contributed by atoms with Gasteiger partial charge in [0.15, 0.2) is 5.16 Å². The third-order valence-corrected chi connectivity index (χ3v) is 6.91. The molecule has 33 heavy (non-hydrogen) atoms. The summed E-state index contributed by atoms with van der Waals surface area (Å²) in [6, 6.07) is 16.6. The van der Waals surface area contributed by atoms with Crippen LogP contribution in [0.4, 0.5) is 0 Å². The maximum atomic E-state index is 11.7. The molecule has 0 atom stereocenters. The second-order valence-corrected chi connectivity index (χ2v) is 8.86. The molecule has 0 fully saturated rings. The van der Waals surface area contributed by atoms with Gasteiger partial charge in [-0.2, -0.15) is 4.73 Å². The van der Waals surface area contributed by atoms with Crippen LogP contribution in [0.15, 0.2) is 64.6 Å². The Kier molecular flexibility index (Phi) is 5.02. The normalized spacial score (nSPS) is 11.4. The van der Waals surface area contributed by atoms with Crippen molar-refractivity contribution in [2.75, 3.05) is 7.11 Å². The number of aryl methyl sites for hydroxylation is 2. The van der Waals surface area contributed by atoms with Crippen molar-refractivity contribution in [2.45, 2.75) is 23.9 Å². The van der Waals surface area contributed by atoms with Crippen molar-refractivity contribution in [1.82, 2.24) is 14.7 Å². The first-order valence-corrected chi connectivity index (χ1v) is 11.1. The number of methoxy groups -OCH3 is 1. The van der Waals surface area contributed by atoms with Gasteiger partial charge in [-0.05, 0) is 79.2 Å². The zero-order valence-corrected chi connectivity index (χ0v) is 19.2. The zero-order chi connectivity index (χ0) is 23.3. The summed E-state index contributed by atoms with van der Waals surface area (Å²) in [5.41, 5.74) is 11.8. The van der Waals surface area contributed by atoms with Crippen LogP contribution in [-0.2, 0) is 0 Å². The van der Waals surface area contributed by atoms with Crippen molar-refractivity contribution >= 4 is 39.6 Å². The molecule has 4 N–H and O–H groups in total. The van der Waals surface area contributed by atoms with E-state index in [9.17, 15) is 10.0 Å². The molecule has 7 nitrogen and oxygen atoms in total. The van der Waals surface area contributed by atoms with E-state index < -0.39 is 5.91 Å². The number of nitrogens with one attached hydrogen (secondary N) is 1. The summed E-state index contributed by atoms with van der Waals surface area (Å²) in [5, 5.41) is 12.6. The van der Waals surface area contributed by atoms with Gasteiger partial charge in [-0.3, -0.25) is 4.79 Å². The number of hydrogen-bond donors (Lipinski definition) is 3. The lowest BCUT2D eigenvalue weighted by molar-refractivity contribution is 0.100. The Bertz CT molecular complexity index is 1530. The smallest absolute Gasteiger partial charge is 0.248 e. The van der Waals surface area contributed by atoms with Gasteiger partial charge in [0.05, 0.1) is 28.6 Å². The predicted molar refractivity (Wildman–Crippen MR) is 129 cm³/mol. The van der Waals surface area contributed by atoms with Crippen LogP contribution in [0.2, 0.25) is 0 Å². The Balaban J connectivity index is 1.72. The van der Waals surface area contributed by atoms with Crippen LogP contribution in [0.1, 0.15) is 21.5 Å². The standard InChI is InChI=1S/C25H22N4O3S/c1-13-4-11-19-21(14(13)2)28-25(27-19)33-23-18-10-7-16(24(26)30)12-20(18)29(31)22(23)15-5-8-17(32-3)9-6-15/h4-12,31H,1-3H3,(H2,26,30)(H,27,28). The van der Waals surface area contributed by atoms with Gasteiger partial charge < -0.3 is 20.7 Å². The first-order chi connectivity index (χ1) is 15.9. The number of H-pyrrole nitrogens is 1. The van der Waals surface area contributed by atoms with Crippen LogP contribution in [0.5, 0.6) is 5.75 Å². The number of aromatic nitrogens is 3. The van der Waals surface area contributed by atoms with E-state index >= 15 is 0 Å². The Hall–Kier alpha value is -3.91. The van der Waals surface area contributed by atoms with Crippen LogP contribution in [0.3, 0.4) is 0 Å². The number of fused-ring (bicyclic) bond motifs is 2. The van der Waals surface area contributed by atoms with E-state index in [0.29, 0.717) is 27.7 Å². The number of rotatable bonds is 5. The lowest BCUT2D eigenvalue weighted by Crippen LogP contribution is -2.10. The number of ether oxygens (including phenoxy) is 1. The van der Waals surface area contributed by atoms with Gasteiger partial charge in [0, 0.05) is 16.5 Å². The topological polar surface area (TPSA) is 106 Å². The molecule has 5 aromatic rings. The van der Waals surface area contributed by atoms with Crippen molar-refractivity contribution in [2.24, 2.45) is 5.73 Å². The Morgan fingerprint density at radius 1 is 1.12 bits per heavy atom. The maximum Gasteiger partial charge on any atom is 0.248 e. The van der Waals surface area contributed by atoms with Crippen molar-refractivity contribution in [3.8, 4) is 17.0 Å². The lowest BCUT2D eigenvalue weighted by Gasteiger charge is -2.07. The van der Waals surface area contributed by atoms with Crippen LogP contribution >= 0.6 is 11.8 Å². The average Bonchev–Trinajstić information content (AvgIpc) is 3.35. The van der Waals surface area contributed by atoms with Gasteiger partial charge in [0.2, 0.25) is 5.91 Å². The zero-order valence-electron chi connectivity index (χ0n) is 18.3. The summed E-state index contributed by atoms with van der Waals surface area (Å²) in [6.45, 7) is 4.12. The van der Waals surface area contributed by atoms with Crippen LogP contribution < -0.4 is 10.5 Å². The van der Waals surface area contributed by atoms with E-state index in [1.54, 1.807) is 25.3 Å². The number of hydrogen-bond acceptors (Lipinski definition) is 5.